The van der Waals surface area contributed by atoms with Gasteiger partial charge in [-0.05, 0) is 110 Å². The molecular weight excluding hydrogens is 436 g/mol. The molecule has 0 unspecified atom stereocenters. The van der Waals surface area contributed by atoms with E-state index in [-0.39, 0.29) is 0 Å². The number of fused-ring (bicyclic) bond motifs is 6. The van der Waals surface area contributed by atoms with E-state index < -0.39 is 0 Å². The summed E-state index contributed by atoms with van der Waals surface area (Å²) in [4.78, 5) is 4.72. The third-order valence-electron chi connectivity index (χ3n) is 12.2. The van der Waals surface area contributed by atoms with Crippen LogP contribution in [0.4, 0.5) is 0 Å². The highest BCUT2D eigenvalue weighted by Gasteiger charge is 2.59. The second-order valence-corrected chi connectivity index (χ2v) is 14.3. The van der Waals surface area contributed by atoms with E-state index in [0.29, 0.717) is 16.9 Å². The molecular formula is C34H50N2. The summed E-state index contributed by atoms with van der Waals surface area (Å²) in [6, 6.07) is 9.26. The van der Waals surface area contributed by atoms with Crippen LogP contribution in [0.5, 0.6) is 0 Å². The molecule has 196 valence electrons. The fourth-order valence-corrected chi connectivity index (χ4v) is 10.2. The van der Waals surface area contributed by atoms with Gasteiger partial charge in [0.05, 0.1) is 17.4 Å². The summed E-state index contributed by atoms with van der Waals surface area (Å²) in [5, 5.41) is 0. The Bertz CT molecular complexity index is 1110. The van der Waals surface area contributed by atoms with Crippen LogP contribution in [0.2, 0.25) is 0 Å². The smallest absolute Gasteiger partial charge is 0.0961 e. The van der Waals surface area contributed by atoms with E-state index in [2.05, 4.69) is 75.9 Å². The summed E-state index contributed by atoms with van der Waals surface area (Å²) in [6.07, 6.45) is 20.3. The van der Waals surface area contributed by atoms with Crippen molar-refractivity contribution in [2.45, 2.75) is 111 Å². The topological polar surface area (TPSA) is 17.8 Å². The maximum absolute atomic E-state index is 4.72. The number of allylic oxidation sites excluding steroid dienone is 2. The summed E-state index contributed by atoms with van der Waals surface area (Å²) in [5.74, 6) is 5.51. The molecule has 6 rings (SSSR count). The fraction of sp³-hybridized carbons (Fsp3) is 0.735. The molecule has 0 radical (unpaired) electrons. The van der Waals surface area contributed by atoms with Crippen LogP contribution in [-0.2, 0) is 0 Å². The minimum Gasteiger partial charge on any atom is -0.327 e. The van der Waals surface area contributed by atoms with Crippen molar-refractivity contribution in [3.8, 4) is 0 Å². The molecule has 4 aliphatic carbocycles. The molecule has 8 atom stereocenters. The van der Waals surface area contributed by atoms with Gasteiger partial charge in [0, 0.05) is 6.04 Å². The molecule has 1 aromatic heterocycles. The normalized spacial score (nSPS) is 38.9. The first-order valence-electron chi connectivity index (χ1n) is 15.4. The molecule has 0 aliphatic heterocycles. The Morgan fingerprint density at radius 1 is 0.972 bits per heavy atom. The molecule has 2 aromatic rings. The van der Waals surface area contributed by atoms with Gasteiger partial charge in [0.1, 0.15) is 0 Å². The molecule has 0 saturated heterocycles. The first-order valence-corrected chi connectivity index (χ1v) is 15.4. The van der Waals surface area contributed by atoms with Gasteiger partial charge in [0.15, 0.2) is 0 Å². The van der Waals surface area contributed by atoms with E-state index in [9.17, 15) is 0 Å². The minimum atomic E-state index is 0.429. The molecule has 36 heavy (non-hydrogen) atoms. The Morgan fingerprint density at radius 3 is 2.64 bits per heavy atom. The molecule has 0 spiro atoms. The van der Waals surface area contributed by atoms with Crippen LogP contribution in [-0.4, -0.2) is 9.55 Å². The number of aromatic nitrogens is 2. The van der Waals surface area contributed by atoms with Gasteiger partial charge in [-0.25, -0.2) is 4.98 Å². The van der Waals surface area contributed by atoms with Crippen molar-refractivity contribution < 1.29 is 0 Å². The highest BCUT2D eigenvalue weighted by molar-refractivity contribution is 5.75. The van der Waals surface area contributed by atoms with Gasteiger partial charge in [-0.2, -0.15) is 0 Å². The molecule has 3 saturated carbocycles. The predicted octanol–water partition coefficient (Wildman–Crippen LogP) is 9.62. The standard InChI is InChI=1S/C34H50N2/c1-23(2)9-8-10-24(3)28-15-16-29-27-14-13-25-21-26(36-22-35-31-11-6-7-12-32(31)36)17-19-33(25,4)30(27)18-20-34(28,29)5/h6-7,11-13,22-24,26-30H,8-10,14-21H2,1-5H3/t24-,26-,27+,28-,29+,30+,33+,34-/m1/s1. The third-order valence-corrected chi connectivity index (χ3v) is 12.2. The summed E-state index contributed by atoms with van der Waals surface area (Å²) in [7, 11) is 0. The van der Waals surface area contributed by atoms with Crippen LogP contribution in [0.1, 0.15) is 111 Å². The van der Waals surface area contributed by atoms with Crippen molar-refractivity contribution in [1.82, 2.24) is 9.55 Å². The quantitative estimate of drug-likeness (QED) is 0.372. The second-order valence-electron chi connectivity index (χ2n) is 14.3. The molecule has 0 N–H and O–H groups in total. The molecule has 1 heterocycles. The van der Waals surface area contributed by atoms with E-state index >= 15 is 0 Å². The highest BCUT2D eigenvalue weighted by Crippen LogP contribution is 2.67. The van der Waals surface area contributed by atoms with Crippen LogP contribution in [0.15, 0.2) is 42.2 Å². The predicted molar refractivity (Wildman–Crippen MR) is 152 cm³/mol. The number of hydrogen-bond acceptors (Lipinski definition) is 1. The number of nitrogens with zero attached hydrogens (tertiary/aromatic N) is 2. The number of rotatable bonds is 6. The van der Waals surface area contributed by atoms with Gasteiger partial charge >= 0.3 is 0 Å². The minimum absolute atomic E-state index is 0.429. The molecule has 1 aromatic carbocycles. The molecule has 0 amide bonds. The maximum Gasteiger partial charge on any atom is 0.0961 e. The highest BCUT2D eigenvalue weighted by atomic mass is 15.1. The van der Waals surface area contributed by atoms with Gasteiger partial charge in [-0.3, -0.25) is 0 Å². The average molecular weight is 487 g/mol. The van der Waals surface area contributed by atoms with Crippen molar-refractivity contribution in [2.75, 3.05) is 0 Å². The number of benzene rings is 1. The molecule has 3 fully saturated rings. The summed E-state index contributed by atoms with van der Waals surface area (Å²) < 4.78 is 2.49. The molecule has 2 nitrogen and oxygen atoms in total. The van der Waals surface area contributed by atoms with Crippen molar-refractivity contribution in [3.05, 3.63) is 42.2 Å². The Balaban J connectivity index is 1.19. The first kappa shape index (κ1) is 24.7. The Morgan fingerprint density at radius 2 is 1.81 bits per heavy atom. The third kappa shape index (κ3) is 3.92. The number of imidazole rings is 1. The lowest BCUT2D eigenvalue weighted by molar-refractivity contribution is -0.0522. The zero-order chi connectivity index (χ0) is 25.1. The molecule has 2 heteroatoms. The van der Waals surface area contributed by atoms with Crippen LogP contribution < -0.4 is 0 Å². The number of hydrogen-bond donors (Lipinski definition) is 0. The van der Waals surface area contributed by atoms with E-state index in [4.69, 9.17) is 4.98 Å². The zero-order valence-corrected chi connectivity index (χ0v) is 23.7. The van der Waals surface area contributed by atoms with Crippen molar-refractivity contribution in [2.24, 2.45) is 46.3 Å². The molecule has 0 bridgehead atoms. The van der Waals surface area contributed by atoms with Gasteiger partial charge < -0.3 is 4.57 Å². The van der Waals surface area contributed by atoms with Crippen molar-refractivity contribution in [1.29, 1.82) is 0 Å². The number of para-hydroxylation sites is 2. The lowest BCUT2D eigenvalue weighted by Crippen LogP contribution is -2.50. The first-order chi connectivity index (χ1) is 17.3. The Labute approximate surface area is 220 Å². The van der Waals surface area contributed by atoms with Crippen LogP contribution >= 0.6 is 0 Å². The van der Waals surface area contributed by atoms with Gasteiger partial charge in [0.2, 0.25) is 0 Å². The SMILES string of the molecule is CC(C)CCC[C@@H](C)[C@H]1CC[C@H]2[C@@H]3CC=C4C[C@H](n5cnc6ccccc65)CC[C@]4(C)[C@H]3CC[C@]12C. The van der Waals surface area contributed by atoms with Gasteiger partial charge in [-0.15, -0.1) is 0 Å². The van der Waals surface area contributed by atoms with Crippen LogP contribution in [0.25, 0.3) is 11.0 Å². The Kier molecular flexibility index (Phi) is 6.41. The monoisotopic (exact) mass is 486 g/mol. The summed E-state index contributed by atoms with van der Waals surface area (Å²) in [6.45, 7) is 12.8. The largest absolute Gasteiger partial charge is 0.327 e. The van der Waals surface area contributed by atoms with Crippen molar-refractivity contribution in [3.63, 3.8) is 0 Å². The van der Waals surface area contributed by atoms with E-state index in [1.165, 1.54) is 76.1 Å². The van der Waals surface area contributed by atoms with Gasteiger partial charge in [0.25, 0.3) is 0 Å². The zero-order valence-electron chi connectivity index (χ0n) is 23.7. The molecule has 4 aliphatic rings. The van der Waals surface area contributed by atoms with E-state index in [1.807, 2.05) is 0 Å². The van der Waals surface area contributed by atoms with Crippen LogP contribution in [0.3, 0.4) is 0 Å². The van der Waals surface area contributed by atoms with Crippen LogP contribution in [0, 0.1) is 46.3 Å². The Hall–Kier alpha value is -1.57. The van der Waals surface area contributed by atoms with E-state index in [0.717, 1.165) is 41.0 Å². The van der Waals surface area contributed by atoms with Crippen molar-refractivity contribution >= 4 is 11.0 Å². The average Bonchev–Trinajstić information content (AvgIpc) is 3.44. The second kappa shape index (κ2) is 9.32. The summed E-state index contributed by atoms with van der Waals surface area (Å²) in [5.41, 5.74) is 5.26. The lowest BCUT2D eigenvalue weighted by Gasteiger charge is -2.58. The summed E-state index contributed by atoms with van der Waals surface area (Å²) >= 11 is 0. The van der Waals surface area contributed by atoms with Gasteiger partial charge in [-0.1, -0.05) is 77.7 Å². The lowest BCUT2D eigenvalue weighted by atomic mass is 9.47. The maximum atomic E-state index is 4.72. The fourth-order valence-electron chi connectivity index (χ4n) is 10.2. The van der Waals surface area contributed by atoms with E-state index in [1.54, 1.807) is 5.57 Å².